The molecular weight excluding hydrogens is 434 g/mol. The van der Waals surface area contributed by atoms with E-state index in [2.05, 4.69) is 14.6 Å². The molecule has 2 aromatic carbocycles. The highest BCUT2D eigenvalue weighted by Gasteiger charge is 2.23. The van der Waals surface area contributed by atoms with Gasteiger partial charge in [0.05, 0.1) is 5.69 Å². The Bertz CT molecular complexity index is 1170. The van der Waals surface area contributed by atoms with Crippen LogP contribution in [0.5, 0.6) is 0 Å². The predicted octanol–water partition coefficient (Wildman–Crippen LogP) is 4.62. The second kappa shape index (κ2) is 10.6. The SMILES string of the molecule is O=C(CCc1cccnc1)Cc1ccc(NS(=O)(=O)c2ccccc2N2CCCCC2)cc1. The number of aryl methyl sites for hydroxylation is 1. The number of nitrogens with zero attached hydrogens (tertiary/aromatic N) is 2. The monoisotopic (exact) mass is 463 g/mol. The Balaban J connectivity index is 1.39. The topological polar surface area (TPSA) is 79.4 Å². The van der Waals surface area contributed by atoms with Crippen LogP contribution in [0.15, 0.2) is 78.0 Å². The molecule has 3 aromatic rings. The van der Waals surface area contributed by atoms with E-state index < -0.39 is 10.0 Å². The Hall–Kier alpha value is -3.19. The minimum atomic E-state index is -3.73. The van der Waals surface area contributed by atoms with Gasteiger partial charge in [0, 0.05) is 44.0 Å². The molecule has 172 valence electrons. The number of hydrogen-bond acceptors (Lipinski definition) is 5. The van der Waals surface area contributed by atoms with E-state index in [4.69, 9.17) is 0 Å². The summed E-state index contributed by atoms with van der Waals surface area (Å²) >= 11 is 0. The van der Waals surface area contributed by atoms with Gasteiger partial charge in [-0.25, -0.2) is 8.42 Å². The molecule has 2 heterocycles. The van der Waals surface area contributed by atoms with Gasteiger partial charge in [-0.3, -0.25) is 14.5 Å². The van der Waals surface area contributed by atoms with Crippen molar-refractivity contribution in [1.29, 1.82) is 0 Å². The van der Waals surface area contributed by atoms with Gasteiger partial charge < -0.3 is 4.90 Å². The van der Waals surface area contributed by atoms with E-state index in [1.165, 1.54) is 6.42 Å². The fraction of sp³-hybridized carbons (Fsp3) is 0.308. The molecule has 1 N–H and O–H groups in total. The lowest BCUT2D eigenvalue weighted by Crippen LogP contribution is -2.31. The van der Waals surface area contributed by atoms with Gasteiger partial charge in [0.15, 0.2) is 0 Å². The average molecular weight is 464 g/mol. The second-order valence-electron chi connectivity index (χ2n) is 8.39. The fourth-order valence-corrected chi connectivity index (χ4v) is 5.41. The summed E-state index contributed by atoms with van der Waals surface area (Å²) in [5.74, 6) is 0.141. The third-order valence-electron chi connectivity index (χ3n) is 5.87. The zero-order valence-corrected chi connectivity index (χ0v) is 19.4. The molecule has 1 aliphatic heterocycles. The van der Waals surface area contributed by atoms with Crippen LogP contribution < -0.4 is 9.62 Å². The lowest BCUT2D eigenvalue weighted by Gasteiger charge is -2.30. The van der Waals surface area contributed by atoms with E-state index >= 15 is 0 Å². The van der Waals surface area contributed by atoms with Gasteiger partial charge in [-0.2, -0.15) is 0 Å². The highest BCUT2D eigenvalue weighted by molar-refractivity contribution is 7.92. The second-order valence-corrected chi connectivity index (χ2v) is 10.0. The molecule has 6 nitrogen and oxygen atoms in total. The number of rotatable bonds is 9. The van der Waals surface area contributed by atoms with Gasteiger partial charge in [0.25, 0.3) is 10.0 Å². The van der Waals surface area contributed by atoms with Gasteiger partial charge in [-0.1, -0.05) is 30.3 Å². The summed E-state index contributed by atoms with van der Waals surface area (Å²) in [6.07, 6.45) is 8.26. The Morgan fingerprint density at radius 1 is 0.909 bits per heavy atom. The predicted molar refractivity (Wildman–Crippen MR) is 131 cm³/mol. The van der Waals surface area contributed by atoms with Gasteiger partial charge in [0.1, 0.15) is 10.7 Å². The number of carbonyl (C=O) groups excluding carboxylic acids is 1. The molecule has 0 amide bonds. The van der Waals surface area contributed by atoms with E-state index in [0.717, 1.165) is 42.7 Å². The largest absolute Gasteiger partial charge is 0.370 e. The summed E-state index contributed by atoms with van der Waals surface area (Å²) < 4.78 is 29.0. The highest BCUT2D eigenvalue weighted by atomic mass is 32.2. The maximum Gasteiger partial charge on any atom is 0.263 e. The third-order valence-corrected chi connectivity index (χ3v) is 7.30. The number of carbonyl (C=O) groups is 1. The molecule has 0 radical (unpaired) electrons. The van der Waals surface area contributed by atoms with Gasteiger partial charge in [0.2, 0.25) is 0 Å². The van der Waals surface area contributed by atoms with E-state index in [0.29, 0.717) is 29.8 Å². The summed E-state index contributed by atoms with van der Waals surface area (Å²) in [6.45, 7) is 1.74. The van der Waals surface area contributed by atoms with E-state index in [1.54, 1.807) is 48.8 Å². The minimum absolute atomic E-state index is 0.141. The zero-order chi connectivity index (χ0) is 23.1. The summed E-state index contributed by atoms with van der Waals surface area (Å²) in [5, 5.41) is 0. The number of hydrogen-bond donors (Lipinski definition) is 1. The first-order chi connectivity index (χ1) is 16.0. The minimum Gasteiger partial charge on any atom is -0.370 e. The summed E-state index contributed by atoms with van der Waals surface area (Å²) in [7, 11) is -3.73. The third kappa shape index (κ3) is 6.20. The molecular formula is C26H29N3O3S. The first-order valence-corrected chi connectivity index (χ1v) is 12.9. The Morgan fingerprint density at radius 3 is 2.39 bits per heavy atom. The Morgan fingerprint density at radius 2 is 1.67 bits per heavy atom. The molecule has 0 saturated carbocycles. The van der Waals surface area contributed by atoms with Crippen LogP contribution in [0.25, 0.3) is 0 Å². The number of sulfonamides is 1. The number of ketones is 1. The molecule has 1 saturated heterocycles. The summed E-state index contributed by atoms with van der Waals surface area (Å²) in [5.41, 5.74) is 3.14. The standard InChI is InChI=1S/C26H29N3O3S/c30-24(15-12-22-7-6-16-27-20-22)19-21-10-13-23(14-11-21)28-33(31,32)26-9-3-2-8-25(26)29-17-4-1-5-18-29/h2-3,6-11,13-14,16,20,28H,1,4-5,12,15,17-19H2. The van der Waals surface area contributed by atoms with Crippen molar-refractivity contribution in [3.05, 3.63) is 84.2 Å². The summed E-state index contributed by atoms with van der Waals surface area (Å²) in [6, 6.07) is 18.0. The molecule has 0 spiro atoms. The number of benzene rings is 2. The molecule has 7 heteroatoms. The molecule has 0 bridgehead atoms. The Kier molecular flexibility index (Phi) is 7.40. The van der Waals surface area contributed by atoms with Gasteiger partial charge >= 0.3 is 0 Å². The molecule has 1 fully saturated rings. The molecule has 0 unspecified atom stereocenters. The molecule has 1 aliphatic rings. The fourth-order valence-electron chi connectivity index (χ4n) is 4.13. The van der Waals surface area contributed by atoms with Crippen LogP contribution in [0.4, 0.5) is 11.4 Å². The van der Waals surface area contributed by atoms with Crippen molar-refractivity contribution in [3.63, 3.8) is 0 Å². The van der Waals surface area contributed by atoms with Crippen LogP contribution in [0.2, 0.25) is 0 Å². The van der Waals surface area contributed by atoms with Crippen molar-refractivity contribution < 1.29 is 13.2 Å². The number of Topliss-reactive ketones (excluding diaryl/α,β-unsaturated/α-hetero) is 1. The zero-order valence-electron chi connectivity index (χ0n) is 18.6. The number of anilines is 2. The Labute approximate surface area is 195 Å². The molecule has 0 aliphatic carbocycles. The van der Waals surface area contributed by atoms with E-state index in [9.17, 15) is 13.2 Å². The number of piperidine rings is 1. The number of pyridine rings is 1. The van der Waals surface area contributed by atoms with Gasteiger partial charge in [-0.05, 0) is 67.1 Å². The normalized spacial score (nSPS) is 14.1. The molecule has 0 atom stereocenters. The van der Waals surface area contributed by atoms with Crippen LogP contribution in [0, 0.1) is 0 Å². The van der Waals surface area contributed by atoms with Crippen molar-refractivity contribution in [2.75, 3.05) is 22.7 Å². The van der Waals surface area contributed by atoms with Crippen molar-refractivity contribution in [3.8, 4) is 0 Å². The number of para-hydroxylation sites is 1. The van der Waals surface area contributed by atoms with Crippen molar-refractivity contribution >= 4 is 27.2 Å². The van der Waals surface area contributed by atoms with Crippen LogP contribution in [-0.4, -0.2) is 32.3 Å². The smallest absolute Gasteiger partial charge is 0.263 e. The van der Waals surface area contributed by atoms with Crippen molar-refractivity contribution in [1.82, 2.24) is 4.98 Å². The average Bonchev–Trinajstić information content (AvgIpc) is 2.85. The molecule has 1 aromatic heterocycles. The van der Waals surface area contributed by atoms with E-state index in [1.807, 2.05) is 24.3 Å². The first-order valence-electron chi connectivity index (χ1n) is 11.4. The van der Waals surface area contributed by atoms with Crippen LogP contribution in [-0.2, 0) is 27.7 Å². The van der Waals surface area contributed by atoms with Crippen LogP contribution in [0.3, 0.4) is 0 Å². The van der Waals surface area contributed by atoms with E-state index in [-0.39, 0.29) is 5.78 Å². The van der Waals surface area contributed by atoms with Crippen molar-refractivity contribution in [2.24, 2.45) is 0 Å². The van der Waals surface area contributed by atoms with Crippen LogP contribution in [0.1, 0.15) is 36.8 Å². The lowest BCUT2D eigenvalue weighted by atomic mass is 10.0. The first kappa shape index (κ1) is 23.0. The molecule has 33 heavy (non-hydrogen) atoms. The highest BCUT2D eigenvalue weighted by Crippen LogP contribution is 2.29. The number of aromatic nitrogens is 1. The maximum atomic E-state index is 13.2. The number of nitrogens with one attached hydrogen (secondary N) is 1. The lowest BCUT2D eigenvalue weighted by molar-refractivity contribution is -0.118. The quantitative estimate of drug-likeness (QED) is 0.501. The van der Waals surface area contributed by atoms with Crippen molar-refractivity contribution in [2.45, 2.75) is 43.4 Å². The van der Waals surface area contributed by atoms with Crippen LogP contribution >= 0.6 is 0 Å². The molecule has 4 rings (SSSR count). The maximum absolute atomic E-state index is 13.2. The van der Waals surface area contributed by atoms with Gasteiger partial charge in [-0.15, -0.1) is 0 Å². The summed E-state index contributed by atoms with van der Waals surface area (Å²) in [4.78, 5) is 18.8.